The van der Waals surface area contributed by atoms with E-state index < -0.39 is 11.9 Å². The lowest BCUT2D eigenvalue weighted by Gasteiger charge is -2.07. The second-order valence-electron chi connectivity index (χ2n) is 6.28. The van der Waals surface area contributed by atoms with E-state index in [1.54, 1.807) is 48.5 Å². The standard InChI is InChI=1S/C22H19N3O3/c1-15-3-7-17(8-4-15)21(26)24-23-19-11-13-20(14-12-19)25-28-22(27)18-9-5-16(2)6-10-18/h3-14,25H,1-2H3. The molecule has 1 amide bonds. The number of azo groups is 1. The zero-order valence-corrected chi connectivity index (χ0v) is 15.5. The summed E-state index contributed by atoms with van der Waals surface area (Å²) in [7, 11) is 0. The minimum Gasteiger partial charge on any atom is -0.338 e. The van der Waals surface area contributed by atoms with Crippen LogP contribution in [0.15, 0.2) is 83.0 Å². The molecular weight excluding hydrogens is 354 g/mol. The highest BCUT2D eigenvalue weighted by Gasteiger charge is 2.07. The van der Waals surface area contributed by atoms with E-state index >= 15 is 0 Å². The van der Waals surface area contributed by atoms with Crippen LogP contribution >= 0.6 is 0 Å². The Kier molecular flexibility index (Phi) is 5.91. The van der Waals surface area contributed by atoms with Gasteiger partial charge in [0.25, 0.3) is 5.91 Å². The van der Waals surface area contributed by atoms with Crippen LogP contribution in [-0.2, 0) is 4.84 Å². The lowest BCUT2D eigenvalue weighted by Crippen LogP contribution is -2.10. The summed E-state index contributed by atoms with van der Waals surface area (Å²) in [6.45, 7) is 3.89. The third kappa shape index (κ3) is 5.11. The van der Waals surface area contributed by atoms with Crippen molar-refractivity contribution < 1.29 is 14.4 Å². The van der Waals surface area contributed by atoms with E-state index in [-0.39, 0.29) is 0 Å². The van der Waals surface area contributed by atoms with Gasteiger partial charge in [-0.1, -0.05) is 35.4 Å². The number of nitrogens with zero attached hydrogens (tertiary/aromatic N) is 2. The molecule has 6 nitrogen and oxygen atoms in total. The molecule has 3 aromatic carbocycles. The van der Waals surface area contributed by atoms with Crippen molar-refractivity contribution in [3.05, 3.63) is 95.1 Å². The number of amides is 1. The SMILES string of the molecule is Cc1ccc(C(=O)N=Nc2ccc(NOC(=O)c3ccc(C)cc3)cc2)cc1. The Morgan fingerprint density at radius 3 is 1.86 bits per heavy atom. The average Bonchev–Trinajstić information content (AvgIpc) is 2.72. The first-order chi connectivity index (χ1) is 13.5. The van der Waals surface area contributed by atoms with Gasteiger partial charge in [0.05, 0.1) is 16.9 Å². The first kappa shape index (κ1) is 19.0. The predicted molar refractivity (Wildman–Crippen MR) is 107 cm³/mol. The van der Waals surface area contributed by atoms with Crippen molar-refractivity contribution in [1.82, 2.24) is 0 Å². The molecule has 0 bridgehead atoms. The molecule has 0 saturated carbocycles. The van der Waals surface area contributed by atoms with Crippen molar-refractivity contribution in [2.75, 3.05) is 5.48 Å². The molecule has 3 aromatic rings. The molecule has 0 aliphatic carbocycles. The maximum absolute atomic E-state index is 12.0. The molecule has 0 aliphatic rings. The van der Waals surface area contributed by atoms with Gasteiger partial charge in [-0.3, -0.25) is 4.79 Å². The smallest absolute Gasteiger partial charge is 0.338 e. The van der Waals surface area contributed by atoms with Gasteiger partial charge in [-0.15, -0.1) is 10.2 Å². The summed E-state index contributed by atoms with van der Waals surface area (Å²) in [5, 5.41) is 7.66. The first-order valence-electron chi connectivity index (χ1n) is 8.68. The highest BCUT2D eigenvalue weighted by molar-refractivity contribution is 5.94. The molecule has 0 atom stereocenters. The van der Waals surface area contributed by atoms with E-state index in [0.29, 0.717) is 22.5 Å². The van der Waals surface area contributed by atoms with E-state index in [1.165, 1.54) is 0 Å². The number of carbonyl (C=O) groups excluding carboxylic acids is 2. The summed E-state index contributed by atoms with van der Waals surface area (Å²) in [6.07, 6.45) is 0. The normalized spacial score (nSPS) is 10.6. The molecule has 0 aromatic heterocycles. The Morgan fingerprint density at radius 2 is 1.29 bits per heavy atom. The minimum absolute atomic E-state index is 0.408. The van der Waals surface area contributed by atoms with Gasteiger partial charge >= 0.3 is 5.97 Å². The van der Waals surface area contributed by atoms with Crippen LogP contribution in [0.4, 0.5) is 11.4 Å². The van der Waals surface area contributed by atoms with Gasteiger partial charge in [0.2, 0.25) is 0 Å². The van der Waals surface area contributed by atoms with Crippen molar-refractivity contribution in [2.24, 2.45) is 10.2 Å². The zero-order chi connectivity index (χ0) is 19.9. The van der Waals surface area contributed by atoms with Crippen LogP contribution in [0, 0.1) is 13.8 Å². The number of anilines is 1. The Balaban J connectivity index is 1.55. The maximum Gasteiger partial charge on any atom is 0.362 e. The predicted octanol–water partition coefficient (Wildman–Crippen LogP) is 5.41. The lowest BCUT2D eigenvalue weighted by molar-refractivity contribution is 0.0596. The van der Waals surface area contributed by atoms with Gasteiger partial charge in [0.1, 0.15) is 0 Å². The quantitative estimate of drug-likeness (QED) is 0.479. The second-order valence-corrected chi connectivity index (χ2v) is 6.28. The molecule has 0 saturated heterocycles. The van der Waals surface area contributed by atoms with E-state index in [4.69, 9.17) is 4.84 Å². The number of aryl methyl sites for hydroxylation is 2. The minimum atomic E-state index is -0.479. The van der Waals surface area contributed by atoms with Crippen LogP contribution < -0.4 is 5.48 Å². The summed E-state index contributed by atoms with van der Waals surface area (Å²) in [4.78, 5) is 29.0. The first-order valence-corrected chi connectivity index (χ1v) is 8.68. The van der Waals surface area contributed by atoms with Gasteiger partial charge in [-0.25, -0.2) is 10.3 Å². The molecule has 3 rings (SSSR count). The molecule has 6 heteroatoms. The summed E-state index contributed by atoms with van der Waals surface area (Å²) in [5.41, 5.74) is 6.75. The van der Waals surface area contributed by atoms with Crippen LogP contribution in [0.1, 0.15) is 31.8 Å². The van der Waals surface area contributed by atoms with Crippen LogP contribution in [0.3, 0.4) is 0 Å². The lowest BCUT2D eigenvalue weighted by atomic mass is 10.1. The number of hydrogen-bond acceptors (Lipinski definition) is 5. The number of nitrogens with one attached hydrogen (secondary N) is 1. The van der Waals surface area contributed by atoms with Crippen LogP contribution in [0.5, 0.6) is 0 Å². The summed E-state index contributed by atoms with van der Waals surface area (Å²) in [6, 6.07) is 20.9. The molecule has 0 spiro atoms. The molecule has 0 unspecified atom stereocenters. The van der Waals surface area contributed by atoms with Crippen LogP contribution in [-0.4, -0.2) is 11.9 Å². The van der Waals surface area contributed by atoms with Gasteiger partial charge in [0.15, 0.2) is 0 Å². The fourth-order valence-corrected chi connectivity index (χ4v) is 2.31. The van der Waals surface area contributed by atoms with Crippen LogP contribution in [0.25, 0.3) is 0 Å². The Morgan fingerprint density at radius 1 is 0.750 bits per heavy atom. The fraction of sp³-hybridized carbons (Fsp3) is 0.0909. The fourth-order valence-electron chi connectivity index (χ4n) is 2.31. The molecule has 1 N–H and O–H groups in total. The van der Waals surface area contributed by atoms with Crippen molar-refractivity contribution in [1.29, 1.82) is 0 Å². The molecule has 0 heterocycles. The number of hydrogen-bond donors (Lipinski definition) is 1. The Hall–Kier alpha value is -3.80. The Labute approximate surface area is 162 Å². The van der Waals surface area contributed by atoms with Gasteiger partial charge < -0.3 is 4.84 Å². The third-order valence-corrected chi connectivity index (χ3v) is 3.97. The maximum atomic E-state index is 12.0. The number of carbonyl (C=O) groups is 2. The van der Waals surface area contributed by atoms with Crippen molar-refractivity contribution >= 4 is 23.3 Å². The zero-order valence-electron chi connectivity index (χ0n) is 15.5. The van der Waals surface area contributed by atoms with Crippen molar-refractivity contribution in [3.63, 3.8) is 0 Å². The molecule has 28 heavy (non-hydrogen) atoms. The number of benzene rings is 3. The van der Waals surface area contributed by atoms with E-state index in [2.05, 4.69) is 15.7 Å². The van der Waals surface area contributed by atoms with Crippen molar-refractivity contribution in [2.45, 2.75) is 13.8 Å². The monoisotopic (exact) mass is 373 g/mol. The van der Waals surface area contributed by atoms with Crippen molar-refractivity contribution in [3.8, 4) is 0 Å². The Bertz CT molecular complexity index is 993. The molecular formula is C22H19N3O3. The third-order valence-electron chi connectivity index (χ3n) is 3.97. The summed E-state index contributed by atoms with van der Waals surface area (Å²) in [5.74, 6) is -0.887. The second kappa shape index (κ2) is 8.73. The highest BCUT2D eigenvalue weighted by atomic mass is 16.7. The van der Waals surface area contributed by atoms with Crippen LogP contribution in [0.2, 0.25) is 0 Å². The molecule has 140 valence electrons. The van der Waals surface area contributed by atoms with Gasteiger partial charge in [0, 0.05) is 5.56 Å². The van der Waals surface area contributed by atoms with Gasteiger partial charge in [-0.2, -0.15) is 0 Å². The van der Waals surface area contributed by atoms with Gasteiger partial charge in [-0.05, 0) is 62.4 Å². The largest absolute Gasteiger partial charge is 0.362 e. The molecule has 0 fully saturated rings. The average molecular weight is 373 g/mol. The summed E-state index contributed by atoms with van der Waals surface area (Å²) >= 11 is 0. The summed E-state index contributed by atoms with van der Waals surface area (Å²) < 4.78 is 0. The topological polar surface area (TPSA) is 80.1 Å². The van der Waals surface area contributed by atoms with E-state index in [9.17, 15) is 9.59 Å². The number of rotatable bonds is 5. The van der Waals surface area contributed by atoms with E-state index in [0.717, 1.165) is 11.1 Å². The van der Waals surface area contributed by atoms with E-state index in [1.807, 2.05) is 38.1 Å². The molecule has 0 aliphatic heterocycles. The highest BCUT2D eigenvalue weighted by Crippen LogP contribution is 2.18. The molecule has 0 radical (unpaired) electrons.